The maximum atomic E-state index is 11.2. The zero-order valence-electron chi connectivity index (χ0n) is 12.2. The van der Waals surface area contributed by atoms with E-state index >= 15 is 0 Å². The van der Waals surface area contributed by atoms with E-state index in [4.69, 9.17) is 5.14 Å². The van der Waals surface area contributed by atoms with E-state index in [1.54, 1.807) is 11.3 Å². The number of sulfonamides is 1. The number of primary sulfonamides is 1. The topological polar surface area (TPSA) is 98.0 Å². The van der Waals surface area contributed by atoms with Crippen LogP contribution in [0.2, 0.25) is 0 Å². The normalized spacial score (nSPS) is 14.1. The van der Waals surface area contributed by atoms with Crippen LogP contribution in [0.5, 0.6) is 0 Å². The number of nitrogens with two attached hydrogens (primary N) is 1. The van der Waals surface area contributed by atoms with Gasteiger partial charge in [0.1, 0.15) is 5.01 Å². The van der Waals surface area contributed by atoms with Crippen LogP contribution in [0, 0.1) is 0 Å². The van der Waals surface area contributed by atoms with E-state index < -0.39 is 10.0 Å². The fourth-order valence-electron chi connectivity index (χ4n) is 1.54. The van der Waals surface area contributed by atoms with Crippen LogP contribution in [-0.4, -0.2) is 18.4 Å². The SMILES string of the molecule is CC(Nc1ncc(S(N)(=O)=O)s1)c1nc(C(C)(C)C)cs1. The molecule has 6 nitrogen and oxygen atoms in total. The Balaban J connectivity index is 2.13. The zero-order chi connectivity index (χ0) is 15.8. The van der Waals surface area contributed by atoms with Crippen molar-refractivity contribution in [2.75, 3.05) is 5.32 Å². The molecule has 2 rings (SSSR count). The quantitative estimate of drug-likeness (QED) is 0.887. The van der Waals surface area contributed by atoms with Gasteiger partial charge in [-0.2, -0.15) is 0 Å². The highest BCUT2D eigenvalue weighted by Gasteiger charge is 2.20. The van der Waals surface area contributed by atoms with Gasteiger partial charge in [-0.15, -0.1) is 11.3 Å². The second-order valence-corrected chi connectivity index (χ2v) is 9.43. The summed E-state index contributed by atoms with van der Waals surface area (Å²) in [4.78, 5) is 8.65. The summed E-state index contributed by atoms with van der Waals surface area (Å²) in [5.74, 6) is 0. The van der Waals surface area contributed by atoms with Crippen molar-refractivity contribution in [3.8, 4) is 0 Å². The molecular weight excluding hydrogens is 328 g/mol. The van der Waals surface area contributed by atoms with E-state index in [9.17, 15) is 8.42 Å². The molecule has 2 aromatic heterocycles. The number of aromatic nitrogens is 2. The van der Waals surface area contributed by atoms with Crippen molar-refractivity contribution >= 4 is 37.8 Å². The zero-order valence-corrected chi connectivity index (χ0v) is 14.7. The standard InChI is InChI=1S/C12H18N4O2S3/c1-7(10-16-8(6-19-10)12(2,3)4)15-11-14-5-9(20-11)21(13,17)18/h5-7H,1-4H3,(H,14,15)(H2,13,17,18). The summed E-state index contributed by atoms with van der Waals surface area (Å²) in [5, 5.41) is 11.7. The molecule has 0 fully saturated rings. The van der Waals surface area contributed by atoms with Crippen molar-refractivity contribution in [1.82, 2.24) is 9.97 Å². The molecule has 0 aliphatic carbocycles. The molecule has 0 bridgehead atoms. The molecule has 9 heteroatoms. The van der Waals surface area contributed by atoms with E-state index in [1.807, 2.05) is 12.3 Å². The predicted octanol–water partition coefficient (Wildman–Crippen LogP) is 2.72. The number of nitrogens with one attached hydrogen (secondary N) is 1. The molecule has 0 aromatic carbocycles. The Labute approximate surface area is 132 Å². The van der Waals surface area contributed by atoms with E-state index in [-0.39, 0.29) is 15.7 Å². The van der Waals surface area contributed by atoms with Crippen molar-refractivity contribution in [3.05, 3.63) is 22.3 Å². The number of hydrogen-bond acceptors (Lipinski definition) is 7. The lowest BCUT2D eigenvalue weighted by Crippen LogP contribution is -2.13. The Hall–Kier alpha value is -1.03. The first-order valence-corrected chi connectivity index (χ1v) is 9.52. The fourth-order valence-corrected chi connectivity index (χ4v) is 4.13. The number of rotatable bonds is 4. The minimum atomic E-state index is -3.69. The van der Waals surface area contributed by atoms with Crippen LogP contribution in [0.1, 0.15) is 44.4 Å². The molecule has 3 N–H and O–H groups in total. The fraction of sp³-hybridized carbons (Fsp3) is 0.500. The van der Waals surface area contributed by atoms with E-state index in [2.05, 4.69) is 36.1 Å². The maximum Gasteiger partial charge on any atom is 0.249 e. The third kappa shape index (κ3) is 4.00. The molecule has 0 aliphatic rings. The molecule has 0 aliphatic heterocycles. The molecule has 116 valence electrons. The molecular formula is C12H18N4O2S3. The highest BCUT2D eigenvalue weighted by Crippen LogP contribution is 2.30. The average molecular weight is 347 g/mol. The van der Waals surface area contributed by atoms with Crippen molar-refractivity contribution in [1.29, 1.82) is 0 Å². The van der Waals surface area contributed by atoms with Crippen LogP contribution in [-0.2, 0) is 15.4 Å². The first-order valence-electron chi connectivity index (χ1n) is 6.28. The summed E-state index contributed by atoms with van der Waals surface area (Å²) in [6.07, 6.45) is 1.26. The maximum absolute atomic E-state index is 11.2. The predicted molar refractivity (Wildman–Crippen MR) is 86.3 cm³/mol. The largest absolute Gasteiger partial charge is 0.353 e. The van der Waals surface area contributed by atoms with E-state index in [0.717, 1.165) is 22.0 Å². The summed E-state index contributed by atoms with van der Waals surface area (Å²) in [6.45, 7) is 8.30. The van der Waals surface area contributed by atoms with Gasteiger partial charge < -0.3 is 5.32 Å². The van der Waals surface area contributed by atoms with Gasteiger partial charge in [0.05, 0.1) is 17.9 Å². The Bertz CT molecular complexity index is 728. The Morgan fingerprint density at radius 3 is 2.52 bits per heavy atom. The van der Waals surface area contributed by atoms with Crippen molar-refractivity contribution in [3.63, 3.8) is 0 Å². The Morgan fingerprint density at radius 1 is 1.38 bits per heavy atom. The third-order valence-corrected chi connectivity index (χ3v) is 6.13. The van der Waals surface area contributed by atoms with Crippen LogP contribution < -0.4 is 10.5 Å². The summed E-state index contributed by atoms with van der Waals surface area (Å²) >= 11 is 2.59. The molecule has 21 heavy (non-hydrogen) atoms. The molecule has 0 saturated heterocycles. The van der Waals surface area contributed by atoms with Gasteiger partial charge in [-0.25, -0.2) is 23.5 Å². The van der Waals surface area contributed by atoms with E-state index in [0.29, 0.717) is 5.13 Å². The van der Waals surface area contributed by atoms with Gasteiger partial charge in [-0.3, -0.25) is 0 Å². The minimum Gasteiger partial charge on any atom is -0.353 e. The van der Waals surface area contributed by atoms with Gasteiger partial charge >= 0.3 is 0 Å². The van der Waals surface area contributed by atoms with Crippen molar-refractivity contribution in [2.45, 2.75) is 43.4 Å². The second kappa shape index (κ2) is 5.64. The van der Waals surface area contributed by atoms with Crippen molar-refractivity contribution in [2.24, 2.45) is 5.14 Å². The number of anilines is 1. The van der Waals surface area contributed by atoms with Crippen LogP contribution in [0.4, 0.5) is 5.13 Å². The van der Waals surface area contributed by atoms with Gasteiger partial charge in [-0.05, 0) is 6.92 Å². The smallest absolute Gasteiger partial charge is 0.249 e. The molecule has 2 heterocycles. The minimum absolute atomic E-state index is 0.0104. The lowest BCUT2D eigenvalue weighted by atomic mass is 9.93. The highest BCUT2D eigenvalue weighted by molar-refractivity contribution is 7.91. The monoisotopic (exact) mass is 346 g/mol. The number of nitrogens with zero attached hydrogens (tertiary/aromatic N) is 2. The molecule has 0 spiro atoms. The molecule has 0 amide bonds. The van der Waals surface area contributed by atoms with E-state index in [1.165, 1.54) is 6.20 Å². The summed E-state index contributed by atoms with van der Waals surface area (Å²) in [6, 6.07) is -0.0504. The summed E-state index contributed by atoms with van der Waals surface area (Å²) in [5.41, 5.74) is 1.05. The lowest BCUT2D eigenvalue weighted by molar-refractivity contribution is 0.569. The number of thiazole rings is 2. The molecule has 2 aromatic rings. The Kier molecular flexibility index (Phi) is 4.39. The first kappa shape index (κ1) is 16.3. The van der Waals surface area contributed by atoms with Gasteiger partial charge in [0.2, 0.25) is 10.0 Å². The third-order valence-electron chi connectivity index (χ3n) is 2.77. The molecule has 0 radical (unpaired) electrons. The van der Waals surface area contributed by atoms with Crippen LogP contribution in [0.15, 0.2) is 15.8 Å². The molecule has 1 atom stereocenters. The highest BCUT2D eigenvalue weighted by atomic mass is 32.2. The van der Waals surface area contributed by atoms with Crippen LogP contribution in [0.3, 0.4) is 0 Å². The lowest BCUT2D eigenvalue weighted by Gasteiger charge is -2.15. The first-order chi connectivity index (χ1) is 9.57. The molecule has 1 unspecified atom stereocenters. The van der Waals surface area contributed by atoms with Gasteiger partial charge in [0.25, 0.3) is 0 Å². The van der Waals surface area contributed by atoms with Crippen LogP contribution >= 0.6 is 22.7 Å². The van der Waals surface area contributed by atoms with Crippen molar-refractivity contribution < 1.29 is 8.42 Å². The van der Waals surface area contributed by atoms with Gasteiger partial charge in [-0.1, -0.05) is 32.1 Å². The summed E-state index contributed by atoms with van der Waals surface area (Å²) in [7, 11) is -3.69. The number of hydrogen-bond donors (Lipinski definition) is 2. The summed E-state index contributed by atoms with van der Waals surface area (Å²) < 4.78 is 22.5. The second-order valence-electron chi connectivity index (χ2n) is 5.72. The average Bonchev–Trinajstić information content (AvgIpc) is 2.94. The Morgan fingerprint density at radius 2 is 2.05 bits per heavy atom. The van der Waals surface area contributed by atoms with Gasteiger partial charge in [0, 0.05) is 10.8 Å². The van der Waals surface area contributed by atoms with Gasteiger partial charge in [0.15, 0.2) is 9.34 Å². The molecule has 0 saturated carbocycles. The van der Waals surface area contributed by atoms with Crippen LogP contribution in [0.25, 0.3) is 0 Å².